The highest BCUT2D eigenvalue weighted by Gasteiger charge is 2.09. The Morgan fingerprint density at radius 2 is 2.00 bits per heavy atom. The first-order chi connectivity index (χ1) is 10.2. The van der Waals surface area contributed by atoms with E-state index < -0.39 is 0 Å². The van der Waals surface area contributed by atoms with Gasteiger partial charge in [0.15, 0.2) is 0 Å². The number of para-hydroxylation sites is 1. The first kappa shape index (κ1) is 15.4. The van der Waals surface area contributed by atoms with Gasteiger partial charge in [-0.1, -0.05) is 32.0 Å². The average Bonchev–Trinajstić information content (AvgIpc) is 2.49. The summed E-state index contributed by atoms with van der Waals surface area (Å²) < 4.78 is 1.88. The van der Waals surface area contributed by atoms with Gasteiger partial charge in [-0.05, 0) is 37.9 Å². The van der Waals surface area contributed by atoms with E-state index in [4.69, 9.17) is 0 Å². The van der Waals surface area contributed by atoms with E-state index in [0.29, 0.717) is 12.2 Å². The van der Waals surface area contributed by atoms with Gasteiger partial charge in [0.05, 0.1) is 5.69 Å². The van der Waals surface area contributed by atoms with Crippen molar-refractivity contribution < 1.29 is 0 Å². The summed E-state index contributed by atoms with van der Waals surface area (Å²) in [7, 11) is 0. The SMILES string of the molecule is CCCNCc1nn(-c2ccccc2CC)c(C)cc1=O. The fourth-order valence-electron chi connectivity index (χ4n) is 2.35. The van der Waals surface area contributed by atoms with Crippen molar-refractivity contribution in [1.29, 1.82) is 0 Å². The molecule has 21 heavy (non-hydrogen) atoms. The Labute approximate surface area is 125 Å². The third kappa shape index (κ3) is 3.58. The van der Waals surface area contributed by atoms with Crippen LogP contribution in [0.15, 0.2) is 35.1 Å². The van der Waals surface area contributed by atoms with Crippen molar-refractivity contribution in [3.8, 4) is 5.69 Å². The average molecular weight is 285 g/mol. The molecule has 1 aromatic heterocycles. The molecule has 1 N–H and O–H groups in total. The molecule has 1 heterocycles. The molecule has 0 saturated carbocycles. The predicted molar refractivity (Wildman–Crippen MR) is 85.9 cm³/mol. The summed E-state index contributed by atoms with van der Waals surface area (Å²) in [5.74, 6) is 0. The van der Waals surface area contributed by atoms with E-state index in [2.05, 4.69) is 30.3 Å². The monoisotopic (exact) mass is 285 g/mol. The molecule has 4 nitrogen and oxygen atoms in total. The highest BCUT2D eigenvalue weighted by atomic mass is 16.1. The van der Waals surface area contributed by atoms with Crippen LogP contribution in [0.4, 0.5) is 0 Å². The van der Waals surface area contributed by atoms with Crippen molar-refractivity contribution in [3.05, 3.63) is 57.5 Å². The minimum atomic E-state index is 0.00123. The minimum Gasteiger partial charge on any atom is -0.311 e. The minimum absolute atomic E-state index is 0.00123. The Bertz CT molecular complexity index is 661. The zero-order valence-corrected chi connectivity index (χ0v) is 13.0. The fraction of sp³-hybridized carbons (Fsp3) is 0.412. The second kappa shape index (κ2) is 7.18. The van der Waals surface area contributed by atoms with Crippen LogP contribution >= 0.6 is 0 Å². The molecule has 0 bridgehead atoms. The van der Waals surface area contributed by atoms with Crippen LogP contribution in [0.2, 0.25) is 0 Å². The molecule has 4 heteroatoms. The Morgan fingerprint density at radius 1 is 1.24 bits per heavy atom. The van der Waals surface area contributed by atoms with Crippen molar-refractivity contribution in [2.75, 3.05) is 6.54 Å². The number of hydrogen-bond donors (Lipinski definition) is 1. The van der Waals surface area contributed by atoms with Gasteiger partial charge in [-0.3, -0.25) is 4.79 Å². The van der Waals surface area contributed by atoms with Gasteiger partial charge in [-0.15, -0.1) is 0 Å². The molecule has 112 valence electrons. The molecule has 1 aromatic carbocycles. The number of benzene rings is 1. The van der Waals surface area contributed by atoms with E-state index in [1.54, 1.807) is 6.07 Å². The van der Waals surface area contributed by atoms with Crippen LogP contribution in [0.25, 0.3) is 5.69 Å². The third-order valence-electron chi connectivity index (χ3n) is 3.50. The van der Waals surface area contributed by atoms with Gasteiger partial charge in [0.25, 0.3) is 0 Å². The lowest BCUT2D eigenvalue weighted by Gasteiger charge is -2.14. The second-order valence-corrected chi connectivity index (χ2v) is 5.17. The van der Waals surface area contributed by atoms with Crippen LogP contribution < -0.4 is 10.7 Å². The summed E-state index contributed by atoms with van der Waals surface area (Å²) in [4.78, 5) is 12.1. The molecule has 0 radical (unpaired) electrons. The fourth-order valence-corrected chi connectivity index (χ4v) is 2.35. The first-order valence-electron chi connectivity index (χ1n) is 7.56. The van der Waals surface area contributed by atoms with Gasteiger partial charge in [0.1, 0.15) is 5.69 Å². The third-order valence-corrected chi connectivity index (χ3v) is 3.50. The van der Waals surface area contributed by atoms with E-state index in [9.17, 15) is 4.79 Å². The van der Waals surface area contributed by atoms with Crippen LogP contribution in [0.5, 0.6) is 0 Å². The standard InChI is InChI=1S/C17H23N3O/c1-4-10-18-12-15-17(21)11-13(3)20(19-15)16-9-7-6-8-14(16)5-2/h6-9,11,18H,4-5,10,12H2,1-3H3. The van der Waals surface area contributed by atoms with Crippen molar-refractivity contribution in [2.45, 2.75) is 40.2 Å². The van der Waals surface area contributed by atoms with Gasteiger partial charge in [-0.25, -0.2) is 4.68 Å². The van der Waals surface area contributed by atoms with E-state index in [0.717, 1.165) is 30.8 Å². The maximum atomic E-state index is 12.1. The Kier molecular flexibility index (Phi) is 5.28. The van der Waals surface area contributed by atoms with Gasteiger partial charge in [0, 0.05) is 18.3 Å². The van der Waals surface area contributed by atoms with Crippen LogP contribution in [0, 0.1) is 6.92 Å². The smallest absolute Gasteiger partial charge is 0.204 e. The van der Waals surface area contributed by atoms with Gasteiger partial charge < -0.3 is 5.32 Å². The maximum Gasteiger partial charge on any atom is 0.204 e. The molecule has 0 amide bonds. The summed E-state index contributed by atoms with van der Waals surface area (Å²) in [5, 5.41) is 7.81. The van der Waals surface area contributed by atoms with Crippen LogP contribution in [-0.2, 0) is 13.0 Å². The highest BCUT2D eigenvalue weighted by molar-refractivity contribution is 5.41. The number of hydrogen-bond acceptors (Lipinski definition) is 3. The summed E-state index contributed by atoms with van der Waals surface area (Å²) in [6.07, 6.45) is 1.98. The maximum absolute atomic E-state index is 12.1. The molecule has 0 fully saturated rings. The van der Waals surface area contributed by atoms with Gasteiger partial charge in [0.2, 0.25) is 5.43 Å². The van der Waals surface area contributed by atoms with E-state index >= 15 is 0 Å². The largest absolute Gasteiger partial charge is 0.311 e. The normalized spacial score (nSPS) is 10.8. The molecule has 0 aliphatic rings. The summed E-state index contributed by atoms with van der Waals surface area (Å²) in [6, 6.07) is 9.85. The van der Waals surface area contributed by atoms with Crippen molar-refractivity contribution in [3.63, 3.8) is 0 Å². The van der Waals surface area contributed by atoms with Gasteiger partial charge in [-0.2, -0.15) is 5.10 Å². The Hall–Kier alpha value is -1.94. The summed E-state index contributed by atoms with van der Waals surface area (Å²) in [6.45, 7) is 7.55. The molecule has 0 aliphatic heterocycles. The first-order valence-corrected chi connectivity index (χ1v) is 7.56. The lowest BCUT2D eigenvalue weighted by Crippen LogP contribution is -2.25. The van der Waals surface area contributed by atoms with Crippen molar-refractivity contribution in [2.24, 2.45) is 0 Å². The quantitative estimate of drug-likeness (QED) is 0.830. The summed E-state index contributed by atoms with van der Waals surface area (Å²) >= 11 is 0. The number of rotatable bonds is 6. The Balaban J connectivity index is 2.43. The lowest BCUT2D eigenvalue weighted by molar-refractivity contribution is 0.636. The molecule has 0 spiro atoms. The van der Waals surface area contributed by atoms with Crippen LogP contribution in [-0.4, -0.2) is 16.3 Å². The van der Waals surface area contributed by atoms with Crippen molar-refractivity contribution in [1.82, 2.24) is 15.1 Å². The topological polar surface area (TPSA) is 46.9 Å². The molecule has 0 unspecified atom stereocenters. The number of nitrogens with one attached hydrogen (secondary N) is 1. The van der Waals surface area contributed by atoms with Gasteiger partial charge >= 0.3 is 0 Å². The number of aromatic nitrogens is 2. The second-order valence-electron chi connectivity index (χ2n) is 5.17. The molecule has 0 atom stereocenters. The van der Waals surface area contributed by atoms with Crippen LogP contribution in [0.3, 0.4) is 0 Å². The molecular formula is C17H23N3O. The van der Waals surface area contributed by atoms with E-state index in [1.165, 1.54) is 5.56 Å². The molecule has 0 aliphatic carbocycles. The number of nitrogens with zero attached hydrogens (tertiary/aromatic N) is 2. The zero-order valence-electron chi connectivity index (χ0n) is 13.0. The van der Waals surface area contributed by atoms with E-state index in [-0.39, 0.29) is 5.43 Å². The van der Waals surface area contributed by atoms with E-state index in [1.807, 2.05) is 29.8 Å². The number of aryl methyl sites for hydroxylation is 2. The summed E-state index contributed by atoms with van der Waals surface area (Å²) in [5.41, 5.74) is 3.71. The highest BCUT2D eigenvalue weighted by Crippen LogP contribution is 2.15. The Morgan fingerprint density at radius 3 is 2.71 bits per heavy atom. The lowest BCUT2D eigenvalue weighted by atomic mass is 10.1. The molecule has 2 rings (SSSR count). The zero-order chi connectivity index (χ0) is 15.2. The predicted octanol–water partition coefficient (Wildman–Crippen LogP) is 2.60. The molecule has 0 saturated heterocycles. The van der Waals surface area contributed by atoms with Crippen LogP contribution in [0.1, 0.15) is 37.2 Å². The van der Waals surface area contributed by atoms with Crippen molar-refractivity contribution >= 4 is 0 Å². The molecule has 2 aromatic rings. The molecular weight excluding hydrogens is 262 g/mol.